The first-order valence-electron chi connectivity index (χ1n) is 8.78. The van der Waals surface area contributed by atoms with Crippen LogP contribution in [0.25, 0.3) is 10.1 Å². The Balaban J connectivity index is 1.31. The maximum Gasteiger partial charge on any atom is 0.263 e. The molecule has 0 atom stereocenters. The van der Waals surface area contributed by atoms with Gasteiger partial charge in [0.15, 0.2) is 11.5 Å². The van der Waals surface area contributed by atoms with Gasteiger partial charge in [-0.2, -0.15) is 5.10 Å². The molecule has 2 amide bonds. The summed E-state index contributed by atoms with van der Waals surface area (Å²) in [5.74, 6) is 0.464. The van der Waals surface area contributed by atoms with Gasteiger partial charge in [-0.15, -0.1) is 11.3 Å². The minimum Gasteiger partial charge on any atom is -0.486 e. The lowest BCUT2D eigenvalue weighted by Crippen LogP contribution is -2.34. The van der Waals surface area contributed by atoms with Crippen LogP contribution in [0.3, 0.4) is 0 Å². The maximum atomic E-state index is 12.3. The van der Waals surface area contributed by atoms with E-state index in [0.717, 1.165) is 15.6 Å². The molecule has 0 spiro atoms. The number of carbonyl (C=O) groups excluding carboxylic acids is 2. The summed E-state index contributed by atoms with van der Waals surface area (Å²) in [6, 6.07) is 12.8. The molecule has 0 bridgehead atoms. The van der Waals surface area contributed by atoms with Crippen LogP contribution in [0.5, 0.6) is 11.5 Å². The summed E-state index contributed by atoms with van der Waals surface area (Å²) in [4.78, 5) is 24.7. The number of carbonyl (C=O) groups is 2. The second-order valence-electron chi connectivity index (χ2n) is 6.12. The summed E-state index contributed by atoms with van der Waals surface area (Å²) >= 11 is 7.56. The number of hydrogen-bond acceptors (Lipinski definition) is 6. The van der Waals surface area contributed by atoms with E-state index in [1.54, 1.807) is 18.2 Å². The third-order valence-corrected chi connectivity index (χ3v) is 5.79. The molecule has 0 saturated heterocycles. The van der Waals surface area contributed by atoms with Crippen LogP contribution in [0.1, 0.15) is 15.2 Å². The molecule has 1 aliphatic heterocycles. The van der Waals surface area contributed by atoms with Crippen LogP contribution in [0.4, 0.5) is 0 Å². The monoisotopic (exact) mass is 429 g/mol. The number of halogens is 1. The minimum absolute atomic E-state index is 0.220. The van der Waals surface area contributed by atoms with Gasteiger partial charge >= 0.3 is 0 Å². The number of amides is 2. The molecule has 0 unspecified atom stereocenters. The van der Waals surface area contributed by atoms with Gasteiger partial charge in [-0.3, -0.25) is 9.59 Å². The fraction of sp³-hybridized carbons (Fsp3) is 0.150. The number of rotatable bonds is 5. The summed E-state index contributed by atoms with van der Waals surface area (Å²) in [6.45, 7) is 0.796. The number of hydrogen-bond donors (Lipinski definition) is 2. The Bertz CT molecular complexity index is 1110. The van der Waals surface area contributed by atoms with Crippen molar-refractivity contribution in [2.24, 2.45) is 5.10 Å². The van der Waals surface area contributed by atoms with E-state index in [0.29, 0.717) is 34.6 Å². The Labute approximate surface area is 175 Å². The lowest BCUT2D eigenvalue weighted by Gasteiger charge is -2.18. The average molecular weight is 430 g/mol. The average Bonchev–Trinajstić information content (AvgIpc) is 3.09. The predicted octanol–water partition coefficient (Wildman–Crippen LogP) is 3.21. The predicted molar refractivity (Wildman–Crippen MR) is 112 cm³/mol. The van der Waals surface area contributed by atoms with Gasteiger partial charge in [0.2, 0.25) is 0 Å². The van der Waals surface area contributed by atoms with Crippen molar-refractivity contribution in [3.05, 3.63) is 57.9 Å². The van der Waals surface area contributed by atoms with E-state index in [9.17, 15) is 9.59 Å². The topological polar surface area (TPSA) is 89.0 Å². The van der Waals surface area contributed by atoms with Gasteiger partial charge in [0.25, 0.3) is 11.8 Å². The number of nitrogens with one attached hydrogen (secondary N) is 2. The Hall–Kier alpha value is -3.10. The van der Waals surface area contributed by atoms with E-state index in [1.807, 2.05) is 24.3 Å². The highest BCUT2D eigenvalue weighted by atomic mass is 35.5. The van der Waals surface area contributed by atoms with Crippen LogP contribution < -0.4 is 20.2 Å². The fourth-order valence-corrected chi connectivity index (χ4v) is 4.19. The summed E-state index contributed by atoms with van der Waals surface area (Å²) < 4.78 is 11.9. The smallest absolute Gasteiger partial charge is 0.263 e. The van der Waals surface area contributed by atoms with E-state index in [-0.39, 0.29) is 6.54 Å². The van der Waals surface area contributed by atoms with Gasteiger partial charge in [0.05, 0.1) is 17.8 Å². The number of ether oxygens (including phenoxy) is 2. The lowest BCUT2D eigenvalue weighted by atomic mass is 10.2. The molecule has 148 valence electrons. The van der Waals surface area contributed by atoms with Crippen LogP contribution in [0.2, 0.25) is 5.02 Å². The second kappa shape index (κ2) is 8.50. The third kappa shape index (κ3) is 4.33. The van der Waals surface area contributed by atoms with Crippen LogP contribution in [0.15, 0.2) is 47.6 Å². The van der Waals surface area contributed by atoms with Crippen LogP contribution >= 0.6 is 22.9 Å². The molecule has 0 aliphatic carbocycles. The van der Waals surface area contributed by atoms with Gasteiger partial charge in [-0.1, -0.05) is 29.8 Å². The first kappa shape index (κ1) is 19.2. The highest BCUT2D eigenvalue weighted by Gasteiger charge is 2.17. The van der Waals surface area contributed by atoms with E-state index < -0.39 is 11.8 Å². The van der Waals surface area contributed by atoms with Crippen molar-refractivity contribution in [3.8, 4) is 11.5 Å². The number of hydrazone groups is 1. The molecule has 0 saturated carbocycles. The SMILES string of the molecule is O=C(CNC(=O)c1sc2ccccc2c1Cl)N/N=C/c1ccc2c(c1)OCCO2. The van der Waals surface area contributed by atoms with E-state index in [4.69, 9.17) is 21.1 Å². The minimum atomic E-state index is -0.454. The van der Waals surface area contributed by atoms with Crippen LogP contribution in [-0.2, 0) is 4.79 Å². The molecule has 2 heterocycles. The van der Waals surface area contributed by atoms with Crippen molar-refractivity contribution in [3.63, 3.8) is 0 Å². The van der Waals surface area contributed by atoms with E-state index >= 15 is 0 Å². The van der Waals surface area contributed by atoms with Gasteiger partial charge < -0.3 is 14.8 Å². The number of fused-ring (bicyclic) bond motifs is 2. The van der Waals surface area contributed by atoms with Crippen molar-refractivity contribution in [1.29, 1.82) is 0 Å². The molecule has 1 aliphatic rings. The highest BCUT2D eigenvalue weighted by Crippen LogP contribution is 2.35. The van der Waals surface area contributed by atoms with Crippen molar-refractivity contribution >= 4 is 51.1 Å². The Kier molecular flexibility index (Phi) is 5.64. The molecule has 29 heavy (non-hydrogen) atoms. The second-order valence-corrected chi connectivity index (χ2v) is 7.55. The third-order valence-electron chi connectivity index (χ3n) is 4.12. The molecular formula is C20H16ClN3O4S. The maximum absolute atomic E-state index is 12.3. The van der Waals surface area contributed by atoms with Crippen molar-refractivity contribution in [2.75, 3.05) is 19.8 Å². The largest absolute Gasteiger partial charge is 0.486 e. The standard InChI is InChI=1S/C20H16ClN3O4S/c21-18-13-3-1-2-4-16(13)29-19(18)20(26)22-11-17(25)24-23-10-12-5-6-14-15(9-12)28-8-7-27-14/h1-6,9-10H,7-8,11H2,(H,22,26)(H,24,25)/b23-10+. The summed E-state index contributed by atoms with van der Waals surface area (Å²) in [5, 5.41) is 7.66. The molecular weight excluding hydrogens is 414 g/mol. The molecule has 0 radical (unpaired) electrons. The highest BCUT2D eigenvalue weighted by molar-refractivity contribution is 7.21. The summed E-state index contributed by atoms with van der Waals surface area (Å²) in [7, 11) is 0. The number of thiophene rings is 1. The molecule has 9 heteroatoms. The molecule has 0 fully saturated rings. The summed E-state index contributed by atoms with van der Waals surface area (Å²) in [6.07, 6.45) is 1.49. The molecule has 1 aromatic heterocycles. The van der Waals surface area contributed by atoms with Crippen molar-refractivity contribution in [2.45, 2.75) is 0 Å². The first-order chi connectivity index (χ1) is 14.1. The van der Waals surface area contributed by atoms with E-state index in [1.165, 1.54) is 17.6 Å². The quantitative estimate of drug-likeness (QED) is 0.481. The molecule has 2 N–H and O–H groups in total. The zero-order valence-corrected chi connectivity index (χ0v) is 16.7. The Morgan fingerprint density at radius 1 is 1.14 bits per heavy atom. The fourth-order valence-electron chi connectivity index (χ4n) is 2.76. The molecule has 3 aromatic rings. The van der Waals surface area contributed by atoms with E-state index in [2.05, 4.69) is 15.8 Å². The summed E-state index contributed by atoms with van der Waals surface area (Å²) in [5.41, 5.74) is 3.12. The first-order valence-corrected chi connectivity index (χ1v) is 9.98. The van der Waals surface area contributed by atoms with Gasteiger partial charge in [-0.05, 0) is 29.8 Å². The number of nitrogens with zero attached hydrogens (tertiary/aromatic N) is 1. The van der Waals surface area contributed by atoms with Crippen LogP contribution in [-0.4, -0.2) is 37.8 Å². The zero-order chi connectivity index (χ0) is 20.2. The Morgan fingerprint density at radius 2 is 1.93 bits per heavy atom. The molecule has 7 nitrogen and oxygen atoms in total. The lowest BCUT2D eigenvalue weighted by molar-refractivity contribution is -0.120. The normalized spacial score (nSPS) is 12.9. The van der Waals surface area contributed by atoms with Gasteiger partial charge in [0.1, 0.15) is 18.1 Å². The molecule has 4 rings (SSSR count). The van der Waals surface area contributed by atoms with Gasteiger partial charge in [-0.25, -0.2) is 5.43 Å². The molecule has 2 aromatic carbocycles. The van der Waals surface area contributed by atoms with Crippen LogP contribution in [0, 0.1) is 0 Å². The van der Waals surface area contributed by atoms with Crippen molar-refractivity contribution < 1.29 is 19.1 Å². The van der Waals surface area contributed by atoms with Crippen molar-refractivity contribution in [1.82, 2.24) is 10.7 Å². The van der Waals surface area contributed by atoms with Gasteiger partial charge in [0, 0.05) is 10.1 Å². The number of benzene rings is 2. The zero-order valence-electron chi connectivity index (χ0n) is 15.1. The Morgan fingerprint density at radius 3 is 2.76 bits per heavy atom.